The van der Waals surface area contributed by atoms with Gasteiger partial charge in [0.15, 0.2) is 0 Å². The monoisotopic (exact) mass is 325 g/mol. The Morgan fingerprint density at radius 3 is 3.13 bits per heavy atom. The maximum absolute atomic E-state index is 12.5. The van der Waals surface area contributed by atoms with Crippen LogP contribution >= 0.6 is 11.8 Å². The van der Waals surface area contributed by atoms with E-state index in [4.69, 9.17) is 0 Å². The molecule has 0 saturated heterocycles. The van der Waals surface area contributed by atoms with Gasteiger partial charge in [-0.05, 0) is 37.5 Å². The van der Waals surface area contributed by atoms with Crippen LogP contribution in [0.5, 0.6) is 0 Å². The molecule has 1 aromatic carbocycles. The Balaban J connectivity index is 1.64. The average molecular weight is 325 g/mol. The maximum Gasteiger partial charge on any atom is 0.253 e. The van der Waals surface area contributed by atoms with E-state index in [-0.39, 0.29) is 11.2 Å². The van der Waals surface area contributed by atoms with E-state index in [1.54, 1.807) is 4.52 Å². The lowest BCUT2D eigenvalue weighted by molar-refractivity contribution is -0.115. The summed E-state index contributed by atoms with van der Waals surface area (Å²) < 4.78 is 1.68. The van der Waals surface area contributed by atoms with Gasteiger partial charge in [0.25, 0.3) is 5.78 Å². The van der Waals surface area contributed by atoms with Gasteiger partial charge in [-0.1, -0.05) is 30.0 Å². The summed E-state index contributed by atoms with van der Waals surface area (Å²) in [5.41, 5.74) is 2.96. The van der Waals surface area contributed by atoms with Gasteiger partial charge in [-0.2, -0.15) is 14.6 Å². The number of amides is 1. The van der Waals surface area contributed by atoms with Crippen molar-refractivity contribution in [2.75, 3.05) is 5.32 Å². The smallest absolute Gasteiger partial charge is 0.253 e. The van der Waals surface area contributed by atoms with Gasteiger partial charge in [0, 0.05) is 11.4 Å². The Bertz CT molecular complexity index is 891. The van der Waals surface area contributed by atoms with Gasteiger partial charge in [0.05, 0.1) is 5.25 Å². The molecular formula is C16H15N5OS. The largest absolute Gasteiger partial charge is 0.325 e. The summed E-state index contributed by atoms with van der Waals surface area (Å²) >= 11 is 1.51. The first-order valence-corrected chi connectivity index (χ1v) is 8.31. The fraction of sp³-hybridized carbons (Fsp3) is 0.250. The van der Waals surface area contributed by atoms with E-state index in [1.807, 2.05) is 31.2 Å². The second-order valence-corrected chi connectivity index (χ2v) is 6.72. The molecule has 1 N–H and O–H groups in total. The Kier molecular flexibility index (Phi) is 3.49. The molecule has 4 rings (SSSR count). The molecule has 2 aromatic heterocycles. The number of carbonyl (C=O) groups excluding carboxylic acids is 1. The van der Waals surface area contributed by atoms with Crippen molar-refractivity contribution in [1.29, 1.82) is 0 Å². The molecule has 1 amide bonds. The van der Waals surface area contributed by atoms with Gasteiger partial charge in [-0.15, -0.1) is 0 Å². The highest BCUT2D eigenvalue weighted by molar-refractivity contribution is 8.00. The van der Waals surface area contributed by atoms with Crippen LogP contribution < -0.4 is 5.32 Å². The highest BCUT2D eigenvalue weighted by Crippen LogP contribution is 2.31. The summed E-state index contributed by atoms with van der Waals surface area (Å²) in [5.74, 6) is 0.590. The highest BCUT2D eigenvalue weighted by Gasteiger charge is 2.25. The summed E-state index contributed by atoms with van der Waals surface area (Å²) in [7, 11) is 0. The van der Waals surface area contributed by atoms with E-state index < -0.39 is 0 Å². The van der Waals surface area contributed by atoms with Crippen molar-refractivity contribution in [1.82, 2.24) is 19.6 Å². The van der Waals surface area contributed by atoms with Crippen molar-refractivity contribution in [2.24, 2.45) is 0 Å². The second kappa shape index (κ2) is 5.66. The topological polar surface area (TPSA) is 72.2 Å². The zero-order valence-electron chi connectivity index (χ0n) is 12.6. The number of hydrogen-bond donors (Lipinski definition) is 1. The minimum absolute atomic E-state index is 0.0303. The molecule has 0 aliphatic carbocycles. The van der Waals surface area contributed by atoms with Gasteiger partial charge < -0.3 is 5.32 Å². The van der Waals surface area contributed by atoms with Gasteiger partial charge in [-0.3, -0.25) is 4.79 Å². The van der Waals surface area contributed by atoms with Crippen molar-refractivity contribution in [3.8, 4) is 0 Å². The summed E-state index contributed by atoms with van der Waals surface area (Å²) in [5, 5.41) is 7.95. The number of para-hydroxylation sites is 1. The molecule has 0 saturated carbocycles. The van der Waals surface area contributed by atoms with Crippen molar-refractivity contribution < 1.29 is 4.79 Å². The molecule has 1 aliphatic heterocycles. The molecule has 3 aromatic rings. The molecule has 0 fully saturated rings. The third kappa shape index (κ3) is 2.68. The number of thioether (sulfide) groups is 1. The quantitative estimate of drug-likeness (QED) is 0.733. The predicted molar refractivity (Wildman–Crippen MR) is 88.6 cm³/mol. The normalized spacial score (nSPS) is 17.6. The molecule has 0 spiro atoms. The number of anilines is 1. The lowest BCUT2D eigenvalue weighted by Crippen LogP contribution is -2.24. The molecule has 0 radical (unpaired) electrons. The molecule has 1 aliphatic rings. The van der Waals surface area contributed by atoms with Crippen LogP contribution in [0, 0.1) is 6.92 Å². The van der Waals surface area contributed by atoms with Gasteiger partial charge >= 0.3 is 0 Å². The number of rotatable bonds is 2. The van der Waals surface area contributed by atoms with Gasteiger partial charge in [-0.25, -0.2) is 4.98 Å². The number of fused-ring (bicyclic) bond motifs is 2. The van der Waals surface area contributed by atoms with E-state index in [0.29, 0.717) is 5.78 Å². The van der Waals surface area contributed by atoms with Crippen LogP contribution in [0.2, 0.25) is 0 Å². The fourth-order valence-corrected chi connectivity index (χ4v) is 3.89. The molecule has 3 heterocycles. The first-order valence-electron chi connectivity index (χ1n) is 7.43. The Labute approximate surface area is 137 Å². The van der Waals surface area contributed by atoms with Crippen LogP contribution in [0.3, 0.4) is 0 Å². The van der Waals surface area contributed by atoms with E-state index in [1.165, 1.54) is 23.7 Å². The molecule has 23 heavy (non-hydrogen) atoms. The van der Waals surface area contributed by atoms with Crippen LogP contribution in [0.1, 0.15) is 17.7 Å². The van der Waals surface area contributed by atoms with Crippen LogP contribution in [-0.2, 0) is 11.2 Å². The maximum atomic E-state index is 12.5. The van der Waals surface area contributed by atoms with Crippen LogP contribution in [-0.4, -0.2) is 30.7 Å². The number of benzene rings is 1. The number of aromatic nitrogens is 4. The van der Waals surface area contributed by atoms with Crippen molar-refractivity contribution in [3.63, 3.8) is 0 Å². The van der Waals surface area contributed by atoms with Crippen molar-refractivity contribution >= 4 is 29.1 Å². The predicted octanol–water partition coefficient (Wildman–Crippen LogP) is 2.48. The Morgan fingerprint density at radius 2 is 2.22 bits per heavy atom. The Hall–Kier alpha value is -2.41. The van der Waals surface area contributed by atoms with Crippen LogP contribution in [0.25, 0.3) is 5.78 Å². The molecule has 116 valence electrons. The summed E-state index contributed by atoms with van der Waals surface area (Å²) in [4.78, 5) is 21.0. The number of nitrogens with one attached hydrogen (secondary N) is 1. The summed E-state index contributed by atoms with van der Waals surface area (Å²) in [6, 6.07) is 9.90. The van der Waals surface area contributed by atoms with Crippen molar-refractivity contribution in [3.05, 3.63) is 47.9 Å². The van der Waals surface area contributed by atoms with Crippen LogP contribution in [0.4, 0.5) is 5.69 Å². The Morgan fingerprint density at radius 1 is 1.35 bits per heavy atom. The lowest BCUT2D eigenvalue weighted by atomic mass is 10.1. The van der Waals surface area contributed by atoms with Gasteiger partial charge in [0.1, 0.15) is 11.4 Å². The number of carbonyl (C=O) groups is 1. The molecule has 0 bridgehead atoms. The highest BCUT2D eigenvalue weighted by atomic mass is 32.2. The second-order valence-electron chi connectivity index (χ2n) is 5.50. The lowest BCUT2D eigenvalue weighted by Gasteiger charge is -2.13. The minimum atomic E-state index is -0.170. The summed E-state index contributed by atoms with van der Waals surface area (Å²) in [6.07, 6.45) is 3.14. The molecule has 1 atom stereocenters. The van der Waals surface area contributed by atoms with E-state index in [2.05, 4.69) is 26.4 Å². The first-order chi connectivity index (χ1) is 11.2. The third-order valence-corrected chi connectivity index (χ3v) is 5.12. The molecule has 1 unspecified atom stereocenters. The van der Waals surface area contributed by atoms with Crippen LogP contribution in [0.15, 0.2) is 41.7 Å². The zero-order chi connectivity index (χ0) is 15.8. The van der Waals surface area contributed by atoms with E-state index >= 15 is 0 Å². The summed E-state index contributed by atoms with van der Waals surface area (Å²) in [6.45, 7) is 1.92. The fourth-order valence-electron chi connectivity index (χ4n) is 2.73. The zero-order valence-corrected chi connectivity index (χ0v) is 13.4. The van der Waals surface area contributed by atoms with Crippen molar-refractivity contribution in [2.45, 2.75) is 30.0 Å². The van der Waals surface area contributed by atoms with E-state index in [9.17, 15) is 4.79 Å². The SMILES string of the molecule is Cc1cc(SC2CCc3ccccc3NC2=O)n2ncnc2n1. The average Bonchev–Trinajstić information content (AvgIpc) is 2.94. The standard InChI is InChI=1S/C16H15N5OS/c1-10-8-14(21-16(19-10)17-9-18-21)23-13-7-6-11-4-2-3-5-12(11)20-15(13)22/h2-5,8-9,13H,6-7H2,1H3,(H,20,22). The molecule has 7 heteroatoms. The number of aryl methyl sites for hydroxylation is 2. The third-order valence-electron chi connectivity index (χ3n) is 3.85. The molecular weight excluding hydrogens is 310 g/mol. The van der Waals surface area contributed by atoms with Gasteiger partial charge in [0.2, 0.25) is 5.91 Å². The minimum Gasteiger partial charge on any atom is -0.325 e. The molecule has 6 nitrogen and oxygen atoms in total. The van der Waals surface area contributed by atoms with E-state index in [0.717, 1.165) is 29.2 Å². The first kappa shape index (κ1) is 14.2. The number of nitrogens with zero attached hydrogens (tertiary/aromatic N) is 4. The number of hydrogen-bond acceptors (Lipinski definition) is 5.